The van der Waals surface area contributed by atoms with Gasteiger partial charge in [-0.25, -0.2) is 4.98 Å². The highest BCUT2D eigenvalue weighted by Gasteiger charge is 2.11. The number of pyridine rings is 1. The normalized spacial score (nSPS) is 11.2. The van der Waals surface area contributed by atoms with Gasteiger partial charge < -0.3 is 4.42 Å². The molecule has 0 saturated heterocycles. The molecule has 7 aromatic rings. The third-order valence-corrected chi connectivity index (χ3v) is 6.95. The number of para-hydroxylation sites is 1. The predicted octanol–water partition coefficient (Wildman–Crippen LogP) is 9.01. The first kappa shape index (κ1) is 21.1. The van der Waals surface area contributed by atoms with Crippen LogP contribution in [0.4, 0.5) is 0 Å². The van der Waals surface area contributed by atoms with Crippen LogP contribution in [0.25, 0.3) is 66.4 Å². The molecule has 7 rings (SSSR count). The summed E-state index contributed by atoms with van der Waals surface area (Å²) in [5.41, 5.74) is 10.00. The molecule has 0 spiro atoms. The molecule has 0 bridgehead atoms. The lowest BCUT2D eigenvalue weighted by Gasteiger charge is -2.07. The first-order chi connectivity index (χ1) is 18.2. The molecule has 3 nitrogen and oxygen atoms in total. The number of benzene rings is 5. The predicted molar refractivity (Wildman–Crippen MR) is 150 cm³/mol. The fraction of sp³-hybridized carbons (Fsp3) is 0. The van der Waals surface area contributed by atoms with Crippen LogP contribution in [0.1, 0.15) is 5.56 Å². The topological polar surface area (TPSA) is 49.8 Å². The minimum absolute atomic E-state index is 0.672. The van der Waals surface area contributed by atoms with Crippen LogP contribution in [0.2, 0.25) is 0 Å². The van der Waals surface area contributed by atoms with Gasteiger partial charge in [0.2, 0.25) is 5.71 Å². The third-order valence-electron chi connectivity index (χ3n) is 6.95. The molecule has 0 aliphatic rings. The van der Waals surface area contributed by atoms with E-state index >= 15 is 0 Å². The molecule has 5 aromatic carbocycles. The Labute approximate surface area is 213 Å². The Kier molecular flexibility index (Phi) is 4.84. The highest BCUT2D eigenvalue weighted by molar-refractivity contribution is 6.08. The number of hydrogen-bond donors (Lipinski definition) is 0. The summed E-state index contributed by atoms with van der Waals surface area (Å²) in [5.74, 6) is 0. The van der Waals surface area contributed by atoms with Gasteiger partial charge in [0, 0.05) is 16.2 Å². The maximum atomic E-state index is 9.01. The number of nitrogens with zero attached hydrogens (tertiary/aromatic N) is 2. The van der Waals surface area contributed by atoms with Crippen molar-refractivity contribution in [3.8, 4) is 39.4 Å². The van der Waals surface area contributed by atoms with Gasteiger partial charge in [0.15, 0.2) is 0 Å². The minimum atomic E-state index is 0.672. The van der Waals surface area contributed by atoms with Gasteiger partial charge in [-0.15, -0.1) is 0 Å². The molecule has 172 valence electrons. The molecular formula is C34H20N2O. The second kappa shape index (κ2) is 8.48. The van der Waals surface area contributed by atoms with Crippen molar-refractivity contribution in [3.05, 3.63) is 127 Å². The number of furan rings is 1. The Bertz CT molecular complexity index is 1960. The molecule has 2 aromatic heterocycles. The van der Waals surface area contributed by atoms with Gasteiger partial charge in [-0.05, 0) is 69.8 Å². The summed E-state index contributed by atoms with van der Waals surface area (Å²) in [6.45, 7) is 0. The summed E-state index contributed by atoms with van der Waals surface area (Å²) in [4.78, 5) is 4.72. The van der Waals surface area contributed by atoms with Crippen LogP contribution in [0, 0.1) is 11.3 Å². The van der Waals surface area contributed by atoms with E-state index < -0.39 is 0 Å². The van der Waals surface area contributed by atoms with E-state index in [2.05, 4.69) is 78.9 Å². The zero-order chi connectivity index (χ0) is 24.8. The molecule has 0 saturated carbocycles. The zero-order valence-electron chi connectivity index (χ0n) is 19.8. The molecule has 37 heavy (non-hydrogen) atoms. The number of fused-ring (bicyclic) bond motifs is 4. The summed E-state index contributed by atoms with van der Waals surface area (Å²) in [6.07, 6.45) is 0. The summed E-state index contributed by atoms with van der Waals surface area (Å²) in [5, 5.41) is 12.2. The van der Waals surface area contributed by atoms with E-state index in [0.29, 0.717) is 11.3 Å². The highest BCUT2D eigenvalue weighted by atomic mass is 16.3. The van der Waals surface area contributed by atoms with Gasteiger partial charge in [0.1, 0.15) is 5.58 Å². The van der Waals surface area contributed by atoms with Crippen LogP contribution in [0.15, 0.2) is 126 Å². The number of nitriles is 1. The second-order valence-electron chi connectivity index (χ2n) is 9.19. The Morgan fingerprint density at radius 3 is 1.70 bits per heavy atom. The van der Waals surface area contributed by atoms with Crippen molar-refractivity contribution < 1.29 is 4.42 Å². The first-order valence-electron chi connectivity index (χ1n) is 12.2. The van der Waals surface area contributed by atoms with Crippen LogP contribution in [-0.2, 0) is 0 Å². The van der Waals surface area contributed by atoms with Gasteiger partial charge in [0.25, 0.3) is 0 Å². The van der Waals surface area contributed by atoms with Crippen LogP contribution in [0.5, 0.6) is 0 Å². The summed E-state index contributed by atoms with van der Waals surface area (Å²) in [7, 11) is 0. The van der Waals surface area contributed by atoms with Gasteiger partial charge in [-0.2, -0.15) is 5.26 Å². The summed E-state index contributed by atoms with van der Waals surface area (Å²) >= 11 is 0. The smallest absolute Gasteiger partial charge is 0.227 e. The van der Waals surface area contributed by atoms with E-state index in [4.69, 9.17) is 14.7 Å². The van der Waals surface area contributed by atoms with Crippen LogP contribution in [0.3, 0.4) is 0 Å². The highest BCUT2D eigenvalue weighted by Crippen LogP contribution is 2.34. The molecule has 2 heterocycles. The van der Waals surface area contributed by atoms with Crippen molar-refractivity contribution in [2.45, 2.75) is 0 Å². The van der Waals surface area contributed by atoms with Crippen LogP contribution in [-0.4, -0.2) is 4.98 Å². The standard InChI is InChI=1S/C34H20N2O/c35-21-22-5-7-23(8-6-22)24-9-11-25(12-10-24)26-13-15-27(16-14-26)28-17-18-33-30(19-28)31-20-29-3-1-2-4-32(29)36-34(31)37-33/h1-20H. The molecule has 0 atom stereocenters. The Morgan fingerprint density at radius 1 is 0.541 bits per heavy atom. The summed E-state index contributed by atoms with van der Waals surface area (Å²) < 4.78 is 6.06. The molecule has 0 aliphatic heterocycles. The minimum Gasteiger partial charge on any atom is -0.438 e. The molecular weight excluding hydrogens is 452 g/mol. The average Bonchev–Trinajstić information content (AvgIpc) is 3.33. The van der Waals surface area contributed by atoms with Crippen molar-refractivity contribution in [3.63, 3.8) is 0 Å². The first-order valence-corrected chi connectivity index (χ1v) is 12.2. The number of hydrogen-bond acceptors (Lipinski definition) is 3. The molecule has 0 radical (unpaired) electrons. The van der Waals surface area contributed by atoms with Gasteiger partial charge >= 0.3 is 0 Å². The van der Waals surface area contributed by atoms with Crippen molar-refractivity contribution in [1.82, 2.24) is 4.98 Å². The van der Waals surface area contributed by atoms with Crippen molar-refractivity contribution in [1.29, 1.82) is 5.26 Å². The zero-order valence-corrected chi connectivity index (χ0v) is 19.8. The fourth-order valence-electron chi connectivity index (χ4n) is 4.93. The lowest BCUT2D eigenvalue weighted by Crippen LogP contribution is -1.83. The summed E-state index contributed by atoms with van der Waals surface area (Å²) in [6, 6.07) is 43.7. The van der Waals surface area contributed by atoms with E-state index in [-0.39, 0.29) is 0 Å². The van der Waals surface area contributed by atoms with Gasteiger partial charge in [-0.3, -0.25) is 0 Å². The van der Waals surface area contributed by atoms with Crippen molar-refractivity contribution in [2.24, 2.45) is 0 Å². The maximum absolute atomic E-state index is 9.01. The third kappa shape index (κ3) is 3.73. The Balaban J connectivity index is 1.20. The van der Waals surface area contributed by atoms with Crippen molar-refractivity contribution in [2.75, 3.05) is 0 Å². The maximum Gasteiger partial charge on any atom is 0.227 e. The Morgan fingerprint density at radius 2 is 1.08 bits per heavy atom. The van der Waals surface area contributed by atoms with E-state index in [1.54, 1.807) is 0 Å². The SMILES string of the molecule is N#Cc1ccc(-c2ccc(-c3ccc(-c4ccc5oc6nc7ccccc7cc6c5c4)cc3)cc2)cc1. The van der Waals surface area contributed by atoms with Crippen molar-refractivity contribution >= 4 is 33.0 Å². The van der Waals surface area contributed by atoms with Crippen LogP contribution < -0.4 is 0 Å². The number of rotatable bonds is 3. The Hall–Kier alpha value is -5.20. The quantitative estimate of drug-likeness (QED) is 0.258. The lowest BCUT2D eigenvalue weighted by atomic mass is 9.97. The molecule has 0 aliphatic carbocycles. The lowest BCUT2D eigenvalue weighted by molar-refractivity contribution is 0.656. The molecule has 0 N–H and O–H groups in total. The van der Waals surface area contributed by atoms with Gasteiger partial charge in [0.05, 0.1) is 17.1 Å². The molecule has 3 heteroatoms. The number of aromatic nitrogens is 1. The monoisotopic (exact) mass is 472 g/mol. The van der Waals surface area contributed by atoms with E-state index in [9.17, 15) is 0 Å². The largest absolute Gasteiger partial charge is 0.438 e. The molecule has 0 amide bonds. The van der Waals surface area contributed by atoms with E-state index in [0.717, 1.165) is 55.1 Å². The fourth-order valence-corrected chi connectivity index (χ4v) is 4.93. The average molecular weight is 473 g/mol. The van der Waals surface area contributed by atoms with Gasteiger partial charge in [-0.1, -0.05) is 84.9 Å². The second-order valence-corrected chi connectivity index (χ2v) is 9.19. The van der Waals surface area contributed by atoms with E-state index in [1.807, 2.05) is 48.5 Å². The van der Waals surface area contributed by atoms with E-state index in [1.165, 1.54) is 5.56 Å². The molecule has 0 unspecified atom stereocenters. The molecule has 0 fully saturated rings. The van der Waals surface area contributed by atoms with Crippen LogP contribution >= 0.6 is 0 Å².